The van der Waals surface area contributed by atoms with E-state index in [4.69, 9.17) is 16.0 Å². The monoisotopic (exact) mass is 265 g/mol. The van der Waals surface area contributed by atoms with E-state index in [1.54, 1.807) is 0 Å². The van der Waals surface area contributed by atoms with Gasteiger partial charge in [0.1, 0.15) is 0 Å². The molecule has 0 saturated carbocycles. The zero-order chi connectivity index (χ0) is 12.8. The zero-order valence-electron chi connectivity index (χ0n) is 10.3. The van der Waals surface area contributed by atoms with Gasteiger partial charge in [-0.3, -0.25) is 0 Å². The fraction of sp³-hybridized carbons (Fsp3) is 0.385. The van der Waals surface area contributed by atoms with Crippen molar-refractivity contribution in [1.29, 1.82) is 0 Å². The van der Waals surface area contributed by atoms with Gasteiger partial charge in [0, 0.05) is 23.6 Å². The van der Waals surface area contributed by atoms with Crippen molar-refractivity contribution >= 4 is 11.6 Å². The average Bonchev–Trinajstić information content (AvgIpc) is 2.84. The summed E-state index contributed by atoms with van der Waals surface area (Å²) in [6.07, 6.45) is 1.88. The lowest BCUT2D eigenvalue weighted by Crippen LogP contribution is -2.17. The minimum absolute atomic E-state index is 0.539. The first-order chi connectivity index (χ1) is 8.79. The van der Waals surface area contributed by atoms with Crippen LogP contribution in [0.2, 0.25) is 5.02 Å². The maximum Gasteiger partial charge on any atom is 0.247 e. The summed E-state index contributed by atoms with van der Waals surface area (Å²) < 4.78 is 5.58. The van der Waals surface area contributed by atoms with Crippen LogP contribution in [-0.2, 0) is 6.42 Å². The quantitative estimate of drug-likeness (QED) is 0.816. The smallest absolute Gasteiger partial charge is 0.247 e. The number of nitrogens with one attached hydrogen (secondary N) is 1. The van der Waals surface area contributed by atoms with Gasteiger partial charge in [0.15, 0.2) is 0 Å². The molecule has 1 aromatic carbocycles. The molecule has 0 saturated heterocycles. The molecule has 0 aliphatic rings. The van der Waals surface area contributed by atoms with E-state index in [0.717, 1.165) is 31.5 Å². The van der Waals surface area contributed by atoms with E-state index in [-0.39, 0.29) is 0 Å². The van der Waals surface area contributed by atoms with Gasteiger partial charge in [0.05, 0.1) is 0 Å². The van der Waals surface area contributed by atoms with Crippen LogP contribution in [0.3, 0.4) is 0 Å². The molecule has 5 heteroatoms. The molecule has 0 bridgehead atoms. The van der Waals surface area contributed by atoms with Crippen LogP contribution < -0.4 is 5.32 Å². The topological polar surface area (TPSA) is 51.0 Å². The lowest BCUT2D eigenvalue weighted by molar-refractivity contribution is 0.494. The highest BCUT2D eigenvalue weighted by Gasteiger charge is 2.07. The molecule has 18 heavy (non-hydrogen) atoms. The lowest BCUT2D eigenvalue weighted by Gasteiger charge is -1.98. The van der Waals surface area contributed by atoms with Crippen LogP contribution in [0.25, 0.3) is 11.5 Å². The maximum atomic E-state index is 5.83. The molecule has 1 aromatic heterocycles. The lowest BCUT2D eigenvalue weighted by atomic mass is 10.2. The Balaban J connectivity index is 1.95. The van der Waals surface area contributed by atoms with Gasteiger partial charge >= 0.3 is 0 Å². The summed E-state index contributed by atoms with van der Waals surface area (Å²) in [4.78, 5) is 0. The number of halogens is 1. The molecule has 96 valence electrons. The van der Waals surface area contributed by atoms with Crippen molar-refractivity contribution in [3.05, 3.63) is 35.2 Å². The third-order valence-electron chi connectivity index (χ3n) is 2.50. The molecule has 0 fully saturated rings. The van der Waals surface area contributed by atoms with E-state index in [9.17, 15) is 0 Å². The second kappa shape index (κ2) is 6.52. The van der Waals surface area contributed by atoms with Crippen LogP contribution in [0.5, 0.6) is 0 Å². The van der Waals surface area contributed by atoms with Gasteiger partial charge in [-0.2, -0.15) is 0 Å². The molecule has 0 radical (unpaired) electrons. The van der Waals surface area contributed by atoms with E-state index >= 15 is 0 Å². The summed E-state index contributed by atoms with van der Waals surface area (Å²) >= 11 is 5.83. The number of aromatic nitrogens is 2. The Bertz CT molecular complexity index is 481. The van der Waals surface area contributed by atoms with Crippen molar-refractivity contribution in [3.63, 3.8) is 0 Å². The summed E-state index contributed by atoms with van der Waals surface area (Å²) in [5, 5.41) is 12.0. The first-order valence-electron chi connectivity index (χ1n) is 6.08. The van der Waals surface area contributed by atoms with E-state index in [1.165, 1.54) is 0 Å². The summed E-state index contributed by atoms with van der Waals surface area (Å²) in [6.45, 7) is 4.01. The summed E-state index contributed by atoms with van der Waals surface area (Å²) in [6, 6.07) is 7.36. The van der Waals surface area contributed by atoms with Gasteiger partial charge in [0.2, 0.25) is 11.8 Å². The second-order valence-corrected chi connectivity index (χ2v) is 4.44. The van der Waals surface area contributed by atoms with Crippen LogP contribution in [0.1, 0.15) is 19.2 Å². The van der Waals surface area contributed by atoms with Gasteiger partial charge in [-0.25, -0.2) is 0 Å². The van der Waals surface area contributed by atoms with Crippen molar-refractivity contribution in [2.75, 3.05) is 13.1 Å². The number of nitrogens with zero attached hydrogens (tertiary/aromatic N) is 2. The Labute approximate surface area is 111 Å². The van der Waals surface area contributed by atoms with Gasteiger partial charge in [-0.15, -0.1) is 10.2 Å². The molecule has 1 N–H and O–H groups in total. The van der Waals surface area contributed by atoms with Crippen LogP contribution in [0.4, 0.5) is 0 Å². The average molecular weight is 266 g/mol. The van der Waals surface area contributed by atoms with Gasteiger partial charge < -0.3 is 9.73 Å². The Morgan fingerprint density at radius 3 is 2.67 bits per heavy atom. The van der Waals surface area contributed by atoms with Crippen LogP contribution in [0.15, 0.2) is 28.7 Å². The highest BCUT2D eigenvalue weighted by molar-refractivity contribution is 6.30. The third kappa shape index (κ3) is 3.55. The third-order valence-corrected chi connectivity index (χ3v) is 2.75. The van der Waals surface area contributed by atoms with E-state index < -0.39 is 0 Å². The molecule has 0 amide bonds. The number of benzene rings is 1. The number of hydrogen-bond acceptors (Lipinski definition) is 4. The summed E-state index contributed by atoms with van der Waals surface area (Å²) in [5.41, 5.74) is 0.889. The van der Waals surface area contributed by atoms with Gasteiger partial charge in [0.25, 0.3) is 0 Å². The molecular formula is C13H16ClN3O. The van der Waals surface area contributed by atoms with Crippen molar-refractivity contribution in [2.24, 2.45) is 0 Å². The second-order valence-electron chi connectivity index (χ2n) is 4.01. The number of hydrogen-bond donors (Lipinski definition) is 1. The molecule has 0 aliphatic heterocycles. The Morgan fingerprint density at radius 1 is 1.17 bits per heavy atom. The molecule has 2 aromatic rings. The van der Waals surface area contributed by atoms with Crippen LogP contribution >= 0.6 is 11.6 Å². The Hall–Kier alpha value is -1.39. The minimum Gasteiger partial charge on any atom is -0.421 e. The Kier molecular flexibility index (Phi) is 4.73. The fourth-order valence-electron chi connectivity index (χ4n) is 1.56. The molecule has 2 rings (SSSR count). The van der Waals surface area contributed by atoms with Crippen LogP contribution in [0, 0.1) is 0 Å². The van der Waals surface area contributed by atoms with Crippen molar-refractivity contribution < 1.29 is 4.42 Å². The maximum absolute atomic E-state index is 5.83. The van der Waals surface area contributed by atoms with Crippen molar-refractivity contribution in [2.45, 2.75) is 19.8 Å². The van der Waals surface area contributed by atoms with E-state index in [0.29, 0.717) is 16.8 Å². The summed E-state index contributed by atoms with van der Waals surface area (Å²) in [5.74, 6) is 1.20. The number of rotatable bonds is 6. The highest BCUT2D eigenvalue weighted by Crippen LogP contribution is 2.20. The molecule has 1 heterocycles. The largest absolute Gasteiger partial charge is 0.421 e. The molecule has 0 atom stereocenters. The van der Waals surface area contributed by atoms with Gasteiger partial charge in [-0.05, 0) is 37.2 Å². The normalized spacial score (nSPS) is 10.8. The minimum atomic E-state index is 0.539. The Morgan fingerprint density at radius 2 is 1.94 bits per heavy atom. The fourth-order valence-corrected chi connectivity index (χ4v) is 1.69. The first-order valence-corrected chi connectivity index (χ1v) is 6.46. The van der Waals surface area contributed by atoms with E-state index in [1.807, 2.05) is 24.3 Å². The standard InChI is InChI=1S/C13H16ClN3O/c1-2-8-15-9-7-12-16-17-13(18-12)10-3-5-11(14)6-4-10/h3-6,15H,2,7-9H2,1H3. The van der Waals surface area contributed by atoms with Crippen molar-refractivity contribution in [1.82, 2.24) is 15.5 Å². The van der Waals surface area contributed by atoms with Crippen LogP contribution in [-0.4, -0.2) is 23.3 Å². The first kappa shape index (κ1) is 13.1. The highest BCUT2D eigenvalue weighted by atomic mass is 35.5. The predicted octanol–water partition coefficient (Wildman–Crippen LogP) is 2.93. The SMILES string of the molecule is CCCNCCc1nnc(-c2ccc(Cl)cc2)o1. The molecule has 0 unspecified atom stereocenters. The predicted molar refractivity (Wildman–Crippen MR) is 71.6 cm³/mol. The molecule has 0 aliphatic carbocycles. The van der Waals surface area contributed by atoms with E-state index in [2.05, 4.69) is 22.4 Å². The molecule has 4 nitrogen and oxygen atoms in total. The van der Waals surface area contributed by atoms with Gasteiger partial charge in [-0.1, -0.05) is 18.5 Å². The van der Waals surface area contributed by atoms with Crippen molar-refractivity contribution in [3.8, 4) is 11.5 Å². The summed E-state index contributed by atoms with van der Waals surface area (Å²) in [7, 11) is 0. The molecular weight excluding hydrogens is 250 g/mol. The molecule has 0 spiro atoms. The zero-order valence-corrected chi connectivity index (χ0v) is 11.1.